The zero-order valence-corrected chi connectivity index (χ0v) is 8.74. The summed E-state index contributed by atoms with van der Waals surface area (Å²) in [6, 6.07) is 1.23. The van der Waals surface area contributed by atoms with Gasteiger partial charge < -0.3 is 10.5 Å². The lowest BCUT2D eigenvalue weighted by Gasteiger charge is -2.62. The van der Waals surface area contributed by atoms with E-state index in [0.29, 0.717) is 11.5 Å². The van der Waals surface area contributed by atoms with E-state index in [0.717, 1.165) is 19.3 Å². The van der Waals surface area contributed by atoms with Crippen molar-refractivity contribution in [2.24, 2.45) is 11.1 Å². The Morgan fingerprint density at radius 2 is 1.93 bits per heavy atom. The molecule has 0 aromatic heterocycles. The monoisotopic (exact) mass is 196 g/mol. The number of nitrogens with two attached hydrogens (primary N) is 1. The largest absolute Gasteiger partial charge is 0.381 e. The quantitative estimate of drug-likeness (QED) is 0.667. The van der Waals surface area contributed by atoms with Gasteiger partial charge in [-0.05, 0) is 38.8 Å². The Hall–Kier alpha value is -0.120. The summed E-state index contributed by atoms with van der Waals surface area (Å²) in [6.45, 7) is 4.47. The highest BCUT2D eigenvalue weighted by molar-refractivity contribution is 5.11. The molecule has 0 bridgehead atoms. The van der Waals surface area contributed by atoms with E-state index in [1.165, 1.54) is 38.8 Å². The molecule has 1 saturated carbocycles. The molecule has 2 unspecified atom stereocenters. The minimum Gasteiger partial charge on any atom is -0.381 e. The van der Waals surface area contributed by atoms with Crippen LogP contribution in [-0.2, 0) is 4.74 Å². The second-order valence-corrected chi connectivity index (χ2v) is 5.09. The highest BCUT2D eigenvalue weighted by atomic mass is 16.5. The Bertz CT molecular complexity index is 221. The van der Waals surface area contributed by atoms with Crippen molar-refractivity contribution in [1.29, 1.82) is 0 Å². The molecule has 80 valence electrons. The highest BCUT2D eigenvalue weighted by Gasteiger charge is 2.56. The molecule has 0 aromatic rings. The van der Waals surface area contributed by atoms with Crippen LogP contribution < -0.4 is 5.73 Å². The smallest absolute Gasteiger partial charge is 0.0472 e. The molecule has 3 fully saturated rings. The van der Waals surface area contributed by atoms with E-state index in [4.69, 9.17) is 10.5 Å². The van der Waals surface area contributed by atoms with Crippen molar-refractivity contribution in [3.63, 3.8) is 0 Å². The van der Waals surface area contributed by atoms with Crippen LogP contribution in [0.15, 0.2) is 0 Å². The molecule has 3 aliphatic rings. The SMILES string of the molecule is NC1CC(N2CCC2)C12CCOCC2. The van der Waals surface area contributed by atoms with Crippen LogP contribution >= 0.6 is 0 Å². The Labute approximate surface area is 85.6 Å². The number of likely N-dealkylation sites (tertiary alicyclic amines) is 1. The van der Waals surface area contributed by atoms with Gasteiger partial charge in [0.1, 0.15) is 0 Å². The van der Waals surface area contributed by atoms with Crippen LogP contribution in [0.5, 0.6) is 0 Å². The minimum absolute atomic E-state index is 0.429. The fourth-order valence-electron chi connectivity index (χ4n) is 3.42. The van der Waals surface area contributed by atoms with Gasteiger partial charge in [-0.3, -0.25) is 4.90 Å². The number of hydrogen-bond acceptors (Lipinski definition) is 3. The van der Waals surface area contributed by atoms with E-state index in [1.54, 1.807) is 0 Å². The first kappa shape index (κ1) is 9.13. The summed E-state index contributed by atoms with van der Waals surface area (Å²) in [5.41, 5.74) is 6.64. The van der Waals surface area contributed by atoms with Gasteiger partial charge in [0, 0.05) is 30.7 Å². The summed E-state index contributed by atoms with van der Waals surface area (Å²) in [5.74, 6) is 0. The van der Waals surface area contributed by atoms with Crippen LogP contribution in [0.2, 0.25) is 0 Å². The van der Waals surface area contributed by atoms with Gasteiger partial charge in [-0.1, -0.05) is 0 Å². The Morgan fingerprint density at radius 3 is 2.43 bits per heavy atom. The van der Waals surface area contributed by atoms with Crippen LogP contribution in [0.1, 0.15) is 25.7 Å². The number of ether oxygens (including phenoxy) is 1. The van der Waals surface area contributed by atoms with E-state index in [-0.39, 0.29) is 0 Å². The highest BCUT2D eigenvalue weighted by Crippen LogP contribution is 2.51. The summed E-state index contributed by atoms with van der Waals surface area (Å²) in [7, 11) is 0. The predicted molar refractivity (Wildman–Crippen MR) is 55.1 cm³/mol. The van der Waals surface area contributed by atoms with Gasteiger partial charge in [0.15, 0.2) is 0 Å². The first-order valence-corrected chi connectivity index (χ1v) is 5.90. The lowest BCUT2D eigenvalue weighted by molar-refractivity contribution is -0.127. The summed E-state index contributed by atoms with van der Waals surface area (Å²) < 4.78 is 5.45. The number of nitrogens with zero attached hydrogens (tertiary/aromatic N) is 1. The van der Waals surface area contributed by atoms with Crippen molar-refractivity contribution >= 4 is 0 Å². The van der Waals surface area contributed by atoms with Gasteiger partial charge in [0.2, 0.25) is 0 Å². The van der Waals surface area contributed by atoms with E-state index in [9.17, 15) is 0 Å². The van der Waals surface area contributed by atoms with Crippen molar-refractivity contribution < 1.29 is 4.74 Å². The zero-order chi connectivity index (χ0) is 9.60. The van der Waals surface area contributed by atoms with Gasteiger partial charge in [0.25, 0.3) is 0 Å². The maximum atomic E-state index is 6.21. The van der Waals surface area contributed by atoms with Crippen molar-refractivity contribution in [2.45, 2.75) is 37.8 Å². The molecule has 0 aromatic carbocycles. The Morgan fingerprint density at radius 1 is 1.21 bits per heavy atom. The molecule has 2 N–H and O–H groups in total. The minimum atomic E-state index is 0.429. The summed E-state index contributed by atoms with van der Waals surface area (Å²) in [4.78, 5) is 2.63. The lowest BCUT2D eigenvalue weighted by Crippen LogP contribution is -2.70. The van der Waals surface area contributed by atoms with Gasteiger partial charge in [-0.15, -0.1) is 0 Å². The van der Waals surface area contributed by atoms with E-state index in [2.05, 4.69) is 4.90 Å². The van der Waals surface area contributed by atoms with Crippen molar-refractivity contribution in [2.75, 3.05) is 26.3 Å². The molecular weight excluding hydrogens is 176 g/mol. The standard InChI is InChI=1S/C11H20N2O/c12-9-8-10(13-4-1-5-13)11(9)2-6-14-7-3-11/h9-10H,1-8,12H2. The Kier molecular flexibility index (Phi) is 2.08. The number of hydrogen-bond donors (Lipinski definition) is 1. The molecule has 0 amide bonds. The van der Waals surface area contributed by atoms with Crippen LogP contribution in [0.25, 0.3) is 0 Å². The molecule has 2 aliphatic heterocycles. The number of rotatable bonds is 1. The second kappa shape index (κ2) is 3.19. The zero-order valence-electron chi connectivity index (χ0n) is 8.74. The predicted octanol–water partition coefficient (Wildman–Crippen LogP) is 0.588. The summed E-state index contributed by atoms with van der Waals surface area (Å²) in [6.07, 6.45) is 4.99. The lowest BCUT2D eigenvalue weighted by atomic mass is 9.56. The van der Waals surface area contributed by atoms with Crippen molar-refractivity contribution in [3.05, 3.63) is 0 Å². The third-order valence-corrected chi connectivity index (χ3v) is 4.63. The first-order chi connectivity index (χ1) is 6.83. The fourth-order valence-corrected chi connectivity index (χ4v) is 3.42. The molecular formula is C11H20N2O. The van der Waals surface area contributed by atoms with Gasteiger partial charge in [-0.2, -0.15) is 0 Å². The third-order valence-electron chi connectivity index (χ3n) is 4.63. The molecule has 2 saturated heterocycles. The molecule has 0 radical (unpaired) electrons. The normalized spacial score (nSPS) is 41.8. The van der Waals surface area contributed by atoms with Crippen molar-refractivity contribution in [3.8, 4) is 0 Å². The molecule has 1 aliphatic carbocycles. The van der Waals surface area contributed by atoms with Gasteiger partial charge >= 0.3 is 0 Å². The fraction of sp³-hybridized carbons (Fsp3) is 1.00. The molecule has 3 rings (SSSR count). The summed E-state index contributed by atoms with van der Waals surface area (Å²) >= 11 is 0. The third kappa shape index (κ3) is 1.09. The van der Waals surface area contributed by atoms with Crippen LogP contribution in [0, 0.1) is 5.41 Å². The second-order valence-electron chi connectivity index (χ2n) is 5.09. The Balaban J connectivity index is 1.73. The molecule has 1 spiro atoms. The first-order valence-electron chi connectivity index (χ1n) is 5.90. The average Bonchev–Trinajstić information content (AvgIpc) is 2.16. The van der Waals surface area contributed by atoms with Gasteiger partial charge in [-0.25, -0.2) is 0 Å². The summed E-state index contributed by atoms with van der Waals surface area (Å²) in [5, 5.41) is 0. The molecule has 2 atom stereocenters. The van der Waals surface area contributed by atoms with Crippen LogP contribution in [0.4, 0.5) is 0 Å². The molecule has 3 heteroatoms. The van der Waals surface area contributed by atoms with E-state index >= 15 is 0 Å². The van der Waals surface area contributed by atoms with E-state index < -0.39 is 0 Å². The van der Waals surface area contributed by atoms with Crippen LogP contribution in [0.3, 0.4) is 0 Å². The average molecular weight is 196 g/mol. The van der Waals surface area contributed by atoms with E-state index in [1.807, 2.05) is 0 Å². The molecule has 3 nitrogen and oxygen atoms in total. The van der Waals surface area contributed by atoms with Gasteiger partial charge in [0.05, 0.1) is 0 Å². The maximum absolute atomic E-state index is 6.21. The van der Waals surface area contributed by atoms with Crippen LogP contribution in [-0.4, -0.2) is 43.3 Å². The molecule has 2 heterocycles. The topological polar surface area (TPSA) is 38.5 Å². The van der Waals surface area contributed by atoms with Crippen molar-refractivity contribution in [1.82, 2.24) is 4.90 Å². The maximum Gasteiger partial charge on any atom is 0.0472 e. The molecule has 14 heavy (non-hydrogen) atoms.